The fourth-order valence-electron chi connectivity index (χ4n) is 2.91. The molecule has 0 saturated heterocycles. The van der Waals surface area contributed by atoms with Crippen LogP contribution in [0.1, 0.15) is 31.4 Å². The first-order valence-electron chi connectivity index (χ1n) is 7.16. The average Bonchev–Trinajstić information content (AvgIpc) is 2.88. The van der Waals surface area contributed by atoms with E-state index in [0.717, 1.165) is 42.4 Å². The van der Waals surface area contributed by atoms with Gasteiger partial charge in [-0.15, -0.1) is 0 Å². The van der Waals surface area contributed by atoms with Crippen LogP contribution in [0.4, 0.5) is 0 Å². The first-order valence-corrected chi connectivity index (χ1v) is 7.16. The highest BCUT2D eigenvalue weighted by molar-refractivity contribution is 5.77. The molecule has 0 bridgehead atoms. The predicted molar refractivity (Wildman–Crippen MR) is 76.4 cm³/mol. The minimum absolute atomic E-state index is 0.153. The highest BCUT2D eigenvalue weighted by atomic mass is 16.4. The van der Waals surface area contributed by atoms with Crippen LogP contribution >= 0.6 is 0 Å². The number of rotatable bonds is 4. The summed E-state index contributed by atoms with van der Waals surface area (Å²) >= 11 is 0. The van der Waals surface area contributed by atoms with Crippen LogP contribution in [0.25, 0.3) is 11.0 Å². The van der Waals surface area contributed by atoms with E-state index in [2.05, 4.69) is 11.4 Å². The normalized spacial score (nSPS) is 23.0. The first-order chi connectivity index (χ1) is 9.72. The fourth-order valence-corrected chi connectivity index (χ4v) is 2.91. The van der Waals surface area contributed by atoms with Gasteiger partial charge in [0.25, 0.3) is 0 Å². The Bertz CT molecular complexity index is 564. The van der Waals surface area contributed by atoms with E-state index in [1.165, 1.54) is 0 Å². The third kappa shape index (κ3) is 2.85. The van der Waals surface area contributed by atoms with Crippen LogP contribution in [0.5, 0.6) is 0 Å². The van der Waals surface area contributed by atoms with Crippen molar-refractivity contribution < 1.29 is 14.3 Å². The van der Waals surface area contributed by atoms with E-state index in [0.29, 0.717) is 12.6 Å². The van der Waals surface area contributed by atoms with Gasteiger partial charge in [0.05, 0.1) is 12.5 Å². The van der Waals surface area contributed by atoms with E-state index in [4.69, 9.17) is 9.52 Å². The Balaban J connectivity index is 1.54. The van der Waals surface area contributed by atoms with Crippen molar-refractivity contribution in [2.45, 2.75) is 38.3 Å². The second-order valence-corrected chi connectivity index (χ2v) is 5.52. The number of nitrogens with one attached hydrogen (secondary N) is 1. The van der Waals surface area contributed by atoms with Gasteiger partial charge in [-0.3, -0.25) is 4.79 Å². The molecule has 1 heterocycles. The maximum absolute atomic E-state index is 10.9. The summed E-state index contributed by atoms with van der Waals surface area (Å²) in [5.74, 6) is 0.131. The number of hydrogen-bond donors (Lipinski definition) is 2. The monoisotopic (exact) mass is 273 g/mol. The molecule has 1 fully saturated rings. The molecule has 0 aliphatic heterocycles. The van der Waals surface area contributed by atoms with E-state index in [1.54, 1.807) is 0 Å². The van der Waals surface area contributed by atoms with E-state index in [9.17, 15) is 4.79 Å². The molecule has 1 aliphatic rings. The van der Waals surface area contributed by atoms with Crippen molar-refractivity contribution in [2.75, 3.05) is 0 Å². The molecule has 0 amide bonds. The maximum atomic E-state index is 10.9. The number of carboxylic acids is 1. The summed E-state index contributed by atoms with van der Waals surface area (Å²) in [6, 6.07) is 10.4. The van der Waals surface area contributed by atoms with Crippen LogP contribution in [-0.4, -0.2) is 17.1 Å². The molecule has 2 N–H and O–H groups in total. The number of para-hydroxylation sites is 1. The molecule has 1 aliphatic carbocycles. The Kier molecular flexibility index (Phi) is 3.74. The van der Waals surface area contributed by atoms with Gasteiger partial charge in [0, 0.05) is 11.4 Å². The SMILES string of the molecule is O=C(O)C1CCC(NCc2cc3ccccc3o2)CC1. The van der Waals surface area contributed by atoms with Crippen molar-refractivity contribution >= 4 is 16.9 Å². The summed E-state index contributed by atoms with van der Waals surface area (Å²) in [5.41, 5.74) is 0.916. The van der Waals surface area contributed by atoms with Crippen LogP contribution < -0.4 is 5.32 Å². The lowest BCUT2D eigenvalue weighted by Crippen LogP contribution is -2.34. The van der Waals surface area contributed by atoms with Gasteiger partial charge in [-0.1, -0.05) is 18.2 Å². The van der Waals surface area contributed by atoms with Crippen molar-refractivity contribution in [1.29, 1.82) is 0 Å². The zero-order valence-corrected chi connectivity index (χ0v) is 11.3. The van der Waals surface area contributed by atoms with E-state index >= 15 is 0 Å². The van der Waals surface area contributed by atoms with Gasteiger partial charge in [0.15, 0.2) is 0 Å². The molecule has 20 heavy (non-hydrogen) atoms. The minimum atomic E-state index is -0.652. The summed E-state index contributed by atoms with van der Waals surface area (Å²) in [6.07, 6.45) is 3.40. The second-order valence-electron chi connectivity index (χ2n) is 5.52. The lowest BCUT2D eigenvalue weighted by atomic mass is 9.86. The Morgan fingerprint density at radius 2 is 2.00 bits per heavy atom. The topological polar surface area (TPSA) is 62.5 Å². The third-order valence-electron chi connectivity index (χ3n) is 4.12. The number of fused-ring (bicyclic) bond motifs is 1. The van der Waals surface area contributed by atoms with Gasteiger partial charge in [-0.25, -0.2) is 0 Å². The first kappa shape index (κ1) is 13.2. The maximum Gasteiger partial charge on any atom is 0.306 e. The zero-order chi connectivity index (χ0) is 13.9. The van der Waals surface area contributed by atoms with Gasteiger partial charge in [0.2, 0.25) is 0 Å². The van der Waals surface area contributed by atoms with E-state index in [1.807, 2.05) is 24.3 Å². The molecule has 0 atom stereocenters. The van der Waals surface area contributed by atoms with Crippen LogP contribution in [0.15, 0.2) is 34.7 Å². The highest BCUT2D eigenvalue weighted by Crippen LogP contribution is 2.25. The molecule has 3 rings (SSSR count). The van der Waals surface area contributed by atoms with Gasteiger partial charge >= 0.3 is 5.97 Å². The molecule has 1 aromatic carbocycles. The number of carbonyl (C=O) groups is 1. The smallest absolute Gasteiger partial charge is 0.306 e. The van der Waals surface area contributed by atoms with Gasteiger partial charge in [-0.2, -0.15) is 0 Å². The summed E-state index contributed by atoms with van der Waals surface area (Å²) < 4.78 is 5.76. The number of furan rings is 1. The zero-order valence-electron chi connectivity index (χ0n) is 11.3. The van der Waals surface area contributed by atoms with Crippen LogP contribution in [0.3, 0.4) is 0 Å². The lowest BCUT2D eigenvalue weighted by Gasteiger charge is -2.26. The predicted octanol–water partition coefficient (Wildman–Crippen LogP) is 3.17. The lowest BCUT2D eigenvalue weighted by molar-refractivity contribution is -0.142. The number of benzene rings is 1. The minimum Gasteiger partial charge on any atom is -0.481 e. The standard InChI is InChI=1S/C16H19NO3/c18-16(19)11-5-7-13(8-6-11)17-10-14-9-12-3-1-2-4-15(12)20-14/h1-4,9,11,13,17H,5-8,10H2,(H,18,19). The van der Waals surface area contributed by atoms with E-state index in [-0.39, 0.29) is 5.92 Å². The summed E-state index contributed by atoms with van der Waals surface area (Å²) in [5, 5.41) is 13.6. The van der Waals surface area contributed by atoms with Crippen molar-refractivity contribution in [2.24, 2.45) is 5.92 Å². The van der Waals surface area contributed by atoms with E-state index < -0.39 is 5.97 Å². The summed E-state index contributed by atoms with van der Waals surface area (Å²) in [6.45, 7) is 0.705. The molecule has 2 aromatic rings. The molecule has 4 heteroatoms. The van der Waals surface area contributed by atoms with Crippen molar-refractivity contribution in [3.8, 4) is 0 Å². The molecule has 1 saturated carbocycles. The quantitative estimate of drug-likeness (QED) is 0.898. The molecule has 0 spiro atoms. The summed E-state index contributed by atoms with van der Waals surface area (Å²) in [4.78, 5) is 10.9. The van der Waals surface area contributed by atoms with Crippen LogP contribution in [-0.2, 0) is 11.3 Å². The second kappa shape index (κ2) is 5.67. The van der Waals surface area contributed by atoms with Crippen molar-refractivity contribution in [3.63, 3.8) is 0 Å². The molecular weight excluding hydrogens is 254 g/mol. The van der Waals surface area contributed by atoms with Gasteiger partial charge < -0.3 is 14.8 Å². The molecule has 1 aromatic heterocycles. The molecule has 0 unspecified atom stereocenters. The number of carboxylic acid groups (broad SMARTS) is 1. The Hall–Kier alpha value is -1.81. The fraction of sp³-hybridized carbons (Fsp3) is 0.438. The average molecular weight is 273 g/mol. The van der Waals surface area contributed by atoms with Crippen molar-refractivity contribution in [1.82, 2.24) is 5.32 Å². The van der Waals surface area contributed by atoms with Gasteiger partial charge in [0.1, 0.15) is 11.3 Å². The van der Waals surface area contributed by atoms with Gasteiger partial charge in [-0.05, 0) is 37.8 Å². The molecule has 4 nitrogen and oxygen atoms in total. The number of hydrogen-bond acceptors (Lipinski definition) is 3. The summed E-state index contributed by atoms with van der Waals surface area (Å²) in [7, 11) is 0. The Labute approximate surface area is 117 Å². The Morgan fingerprint density at radius 1 is 1.25 bits per heavy atom. The number of aliphatic carboxylic acids is 1. The molecule has 106 valence electrons. The largest absolute Gasteiger partial charge is 0.481 e. The molecular formula is C16H19NO3. The third-order valence-corrected chi connectivity index (χ3v) is 4.12. The van der Waals surface area contributed by atoms with Crippen molar-refractivity contribution in [3.05, 3.63) is 36.1 Å². The Morgan fingerprint density at radius 3 is 2.70 bits per heavy atom. The molecule has 0 radical (unpaired) electrons. The van der Waals surface area contributed by atoms with Crippen LogP contribution in [0.2, 0.25) is 0 Å². The highest BCUT2D eigenvalue weighted by Gasteiger charge is 2.25. The van der Waals surface area contributed by atoms with Crippen LogP contribution in [0, 0.1) is 5.92 Å².